The number of hydrogen-bond donors (Lipinski definition) is 1. The van der Waals surface area contributed by atoms with Crippen LogP contribution in [0, 0.1) is 20.8 Å². The van der Waals surface area contributed by atoms with Crippen molar-refractivity contribution in [1.29, 1.82) is 0 Å². The van der Waals surface area contributed by atoms with E-state index in [2.05, 4.69) is 10.5 Å². The van der Waals surface area contributed by atoms with E-state index in [9.17, 15) is 4.79 Å². The van der Waals surface area contributed by atoms with Crippen LogP contribution in [0.2, 0.25) is 0 Å². The number of anilines is 1. The van der Waals surface area contributed by atoms with E-state index in [0.29, 0.717) is 18.2 Å². The minimum Gasteiger partial charge on any atom is -0.493 e. The number of ether oxygens (including phenoxy) is 1. The third-order valence-electron chi connectivity index (χ3n) is 4.18. The van der Waals surface area contributed by atoms with Crippen molar-refractivity contribution in [1.82, 2.24) is 5.16 Å². The van der Waals surface area contributed by atoms with Crippen LogP contribution in [0.4, 0.5) is 5.82 Å². The number of fused-ring (bicyclic) bond motifs is 1. The average Bonchev–Trinajstić information content (AvgIpc) is 3.16. The van der Waals surface area contributed by atoms with Gasteiger partial charge in [0.1, 0.15) is 17.1 Å². The van der Waals surface area contributed by atoms with Crippen molar-refractivity contribution >= 4 is 28.3 Å². The summed E-state index contributed by atoms with van der Waals surface area (Å²) in [5.74, 6) is 1.48. The van der Waals surface area contributed by atoms with Gasteiger partial charge in [0.25, 0.3) is 0 Å². The molecule has 0 aliphatic carbocycles. The topological polar surface area (TPSA) is 77.5 Å². The van der Waals surface area contributed by atoms with Crippen molar-refractivity contribution in [2.75, 3.05) is 11.9 Å². The second-order valence-electron chi connectivity index (χ2n) is 6.25. The molecule has 1 amide bonds. The predicted molar refractivity (Wildman–Crippen MR) is 100 cm³/mol. The molecule has 0 aliphatic heterocycles. The molecule has 1 aromatic carbocycles. The van der Waals surface area contributed by atoms with Crippen LogP contribution in [-0.4, -0.2) is 17.7 Å². The van der Waals surface area contributed by atoms with Gasteiger partial charge in [-0.1, -0.05) is 5.16 Å². The van der Waals surface area contributed by atoms with E-state index < -0.39 is 0 Å². The second-order valence-corrected chi connectivity index (χ2v) is 6.25. The van der Waals surface area contributed by atoms with E-state index in [1.807, 2.05) is 33.8 Å². The molecule has 2 heterocycles. The molecule has 0 spiro atoms. The molecule has 0 bridgehead atoms. The Morgan fingerprint density at radius 1 is 1.31 bits per heavy atom. The molecule has 3 rings (SSSR count). The number of benzene rings is 1. The number of aryl methyl sites for hydroxylation is 3. The zero-order valence-corrected chi connectivity index (χ0v) is 15.6. The van der Waals surface area contributed by atoms with E-state index >= 15 is 0 Å². The van der Waals surface area contributed by atoms with Crippen LogP contribution >= 0.6 is 0 Å². The first-order chi connectivity index (χ1) is 12.4. The number of nitrogens with one attached hydrogen (secondary N) is 1. The van der Waals surface area contributed by atoms with Crippen LogP contribution in [0.25, 0.3) is 16.5 Å². The maximum atomic E-state index is 12.3. The van der Waals surface area contributed by atoms with Crippen molar-refractivity contribution in [2.45, 2.75) is 34.6 Å². The smallest absolute Gasteiger partial charge is 0.249 e. The molecular weight excluding hydrogens is 332 g/mol. The fourth-order valence-corrected chi connectivity index (χ4v) is 2.92. The number of hydrogen-bond acceptors (Lipinski definition) is 5. The summed E-state index contributed by atoms with van der Waals surface area (Å²) in [5, 5.41) is 7.48. The Balaban J connectivity index is 2.00. The van der Waals surface area contributed by atoms with E-state index in [4.69, 9.17) is 13.7 Å². The zero-order chi connectivity index (χ0) is 18.8. The number of rotatable bonds is 5. The van der Waals surface area contributed by atoms with E-state index in [-0.39, 0.29) is 5.91 Å². The molecule has 0 fully saturated rings. The second kappa shape index (κ2) is 7.07. The molecule has 0 radical (unpaired) electrons. The summed E-state index contributed by atoms with van der Waals surface area (Å²) in [6.07, 6.45) is 3.26. The Morgan fingerprint density at radius 3 is 2.73 bits per heavy atom. The molecule has 3 aromatic rings. The molecule has 0 unspecified atom stereocenters. The first kappa shape index (κ1) is 17.8. The third-order valence-corrected chi connectivity index (χ3v) is 4.18. The number of amides is 1. The fraction of sp³-hybridized carbons (Fsp3) is 0.300. The van der Waals surface area contributed by atoms with Crippen LogP contribution in [-0.2, 0) is 4.79 Å². The van der Waals surface area contributed by atoms with Crippen molar-refractivity contribution in [3.8, 4) is 5.75 Å². The lowest BCUT2D eigenvalue weighted by Gasteiger charge is -2.14. The van der Waals surface area contributed by atoms with E-state index in [1.54, 1.807) is 19.3 Å². The molecule has 0 saturated heterocycles. The molecule has 136 valence electrons. The van der Waals surface area contributed by atoms with Gasteiger partial charge < -0.3 is 19.0 Å². The van der Waals surface area contributed by atoms with Gasteiger partial charge in [0, 0.05) is 28.7 Å². The summed E-state index contributed by atoms with van der Waals surface area (Å²) in [5.41, 5.74) is 4.44. The Labute approximate surface area is 151 Å². The summed E-state index contributed by atoms with van der Waals surface area (Å²) in [6.45, 7) is 10.1. The zero-order valence-electron chi connectivity index (χ0n) is 15.6. The molecule has 0 aliphatic rings. The highest BCUT2D eigenvalue weighted by Crippen LogP contribution is 2.37. The average molecular weight is 354 g/mol. The predicted octanol–water partition coefficient (Wildman–Crippen LogP) is 4.79. The van der Waals surface area contributed by atoms with Gasteiger partial charge in [-0.05, 0) is 51.8 Å². The summed E-state index contributed by atoms with van der Waals surface area (Å²) < 4.78 is 16.5. The lowest BCUT2D eigenvalue weighted by Crippen LogP contribution is -2.09. The van der Waals surface area contributed by atoms with Gasteiger partial charge in [0.15, 0.2) is 5.82 Å². The van der Waals surface area contributed by atoms with Gasteiger partial charge in [-0.15, -0.1) is 0 Å². The maximum absolute atomic E-state index is 12.3. The van der Waals surface area contributed by atoms with Crippen LogP contribution < -0.4 is 10.1 Å². The molecule has 26 heavy (non-hydrogen) atoms. The van der Waals surface area contributed by atoms with Crippen molar-refractivity contribution < 1.29 is 18.5 Å². The quantitative estimate of drug-likeness (QED) is 0.667. The van der Waals surface area contributed by atoms with Crippen LogP contribution in [0.5, 0.6) is 5.75 Å². The fourth-order valence-electron chi connectivity index (χ4n) is 2.92. The first-order valence-electron chi connectivity index (χ1n) is 8.47. The Hall–Kier alpha value is -3.02. The van der Waals surface area contributed by atoms with Gasteiger partial charge in [0.05, 0.1) is 12.9 Å². The van der Waals surface area contributed by atoms with Crippen LogP contribution in [0.15, 0.2) is 33.4 Å². The number of allylic oxidation sites excluding steroid dienone is 1. The SMILES string of the molecule is CCOc1c(/C(C)=C/C(=O)Nc2cc(C)on2)cc2c(C)coc2c1C. The Morgan fingerprint density at radius 2 is 2.08 bits per heavy atom. The molecule has 0 saturated carbocycles. The third kappa shape index (κ3) is 3.35. The van der Waals surface area contributed by atoms with Crippen molar-refractivity contribution in [2.24, 2.45) is 0 Å². The van der Waals surface area contributed by atoms with Crippen LogP contribution in [0.3, 0.4) is 0 Å². The minimum absolute atomic E-state index is 0.278. The van der Waals surface area contributed by atoms with Gasteiger partial charge in [-0.3, -0.25) is 4.79 Å². The van der Waals surface area contributed by atoms with Gasteiger partial charge in [-0.25, -0.2) is 0 Å². The highest BCUT2D eigenvalue weighted by Gasteiger charge is 2.17. The molecule has 1 N–H and O–H groups in total. The Bertz CT molecular complexity index is 995. The lowest BCUT2D eigenvalue weighted by molar-refractivity contribution is -0.111. The van der Waals surface area contributed by atoms with Gasteiger partial charge in [0.2, 0.25) is 5.91 Å². The summed E-state index contributed by atoms with van der Waals surface area (Å²) in [6, 6.07) is 3.67. The number of carbonyl (C=O) groups excluding carboxylic acids is 1. The summed E-state index contributed by atoms with van der Waals surface area (Å²) in [7, 11) is 0. The van der Waals surface area contributed by atoms with Crippen molar-refractivity contribution in [3.05, 3.63) is 46.9 Å². The van der Waals surface area contributed by atoms with Crippen molar-refractivity contribution in [3.63, 3.8) is 0 Å². The van der Waals surface area contributed by atoms with Gasteiger partial charge >= 0.3 is 0 Å². The maximum Gasteiger partial charge on any atom is 0.249 e. The van der Waals surface area contributed by atoms with E-state index in [0.717, 1.165) is 39.0 Å². The molecule has 2 aromatic heterocycles. The number of furan rings is 1. The normalized spacial score (nSPS) is 11.8. The molecule has 6 heteroatoms. The van der Waals surface area contributed by atoms with Crippen LogP contribution in [0.1, 0.15) is 36.3 Å². The monoisotopic (exact) mass is 354 g/mol. The molecule has 6 nitrogen and oxygen atoms in total. The highest BCUT2D eigenvalue weighted by atomic mass is 16.5. The Kier molecular flexibility index (Phi) is 4.84. The largest absolute Gasteiger partial charge is 0.493 e. The molecular formula is C20H22N2O4. The van der Waals surface area contributed by atoms with Gasteiger partial charge in [-0.2, -0.15) is 0 Å². The number of nitrogens with zero attached hydrogens (tertiary/aromatic N) is 1. The summed E-state index contributed by atoms with van der Waals surface area (Å²) >= 11 is 0. The number of aromatic nitrogens is 1. The standard InChI is InChI=1S/C20H22N2O4/c1-6-24-19-14(5)20-16(12(3)10-25-20)9-15(19)11(2)7-18(23)21-17-8-13(4)26-22-17/h7-10H,6H2,1-5H3,(H,21,22,23)/b11-7+. The molecule has 0 atom stereocenters. The lowest BCUT2D eigenvalue weighted by atomic mass is 9.98. The highest BCUT2D eigenvalue weighted by molar-refractivity contribution is 6.04. The summed E-state index contributed by atoms with van der Waals surface area (Å²) in [4.78, 5) is 12.3. The first-order valence-corrected chi connectivity index (χ1v) is 8.47. The van der Waals surface area contributed by atoms with E-state index in [1.165, 1.54) is 6.08 Å². The number of carbonyl (C=O) groups is 1. The minimum atomic E-state index is -0.278.